The van der Waals surface area contributed by atoms with Gasteiger partial charge in [0.25, 0.3) is 0 Å². The van der Waals surface area contributed by atoms with Gasteiger partial charge in [-0.25, -0.2) is 17.9 Å². The van der Waals surface area contributed by atoms with Crippen molar-refractivity contribution in [3.05, 3.63) is 18.5 Å². The molecule has 130 valence electrons. The van der Waals surface area contributed by atoms with Crippen LogP contribution in [0.25, 0.3) is 0 Å². The van der Waals surface area contributed by atoms with Crippen molar-refractivity contribution in [2.45, 2.75) is 44.8 Å². The summed E-state index contributed by atoms with van der Waals surface area (Å²) in [6.45, 7) is 3.43. The van der Waals surface area contributed by atoms with E-state index in [0.29, 0.717) is 13.1 Å². The molecule has 0 spiro atoms. The molecule has 1 aromatic heterocycles. The van der Waals surface area contributed by atoms with E-state index in [1.807, 2.05) is 19.2 Å². The van der Waals surface area contributed by atoms with Crippen LogP contribution in [0.5, 0.6) is 0 Å². The third-order valence-electron chi connectivity index (χ3n) is 3.86. The van der Waals surface area contributed by atoms with Crippen LogP contribution < -0.4 is 10.0 Å². The van der Waals surface area contributed by atoms with Gasteiger partial charge in [0, 0.05) is 37.6 Å². The Morgan fingerprint density at radius 2 is 2.22 bits per heavy atom. The number of piperidine rings is 1. The molecule has 2 heterocycles. The summed E-state index contributed by atoms with van der Waals surface area (Å²) in [6, 6.07) is 1.53. The van der Waals surface area contributed by atoms with E-state index in [0.717, 1.165) is 25.5 Å². The maximum absolute atomic E-state index is 12.5. The molecule has 9 heteroatoms. The second-order valence-corrected chi connectivity index (χ2v) is 7.88. The van der Waals surface area contributed by atoms with E-state index in [4.69, 9.17) is 0 Å². The number of aromatic nitrogens is 2. The first-order valence-corrected chi connectivity index (χ1v) is 9.73. The fraction of sp³-hybridized carbons (Fsp3) is 0.714. The summed E-state index contributed by atoms with van der Waals surface area (Å²) in [7, 11) is -3.25. The van der Waals surface area contributed by atoms with Gasteiger partial charge in [-0.15, -0.1) is 0 Å². The van der Waals surface area contributed by atoms with Crippen molar-refractivity contribution in [3.8, 4) is 0 Å². The molecular formula is C14H25N5O3S. The Labute approximate surface area is 137 Å². The summed E-state index contributed by atoms with van der Waals surface area (Å²) in [5, 5.41) is 7.09. The SMILES string of the molecule is C[C@H](Cn1cccn1)NC(=O)N1CCCC[C@H]1CNS(C)(=O)=O. The van der Waals surface area contributed by atoms with E-state index in [1.54, 1.807) is 15.8 Å². The Morgan fingerprint density at radius 3 is 2.87 bits per heavy atom. The molecule has 1 saturated heterocycles. The van der Waals surface area contributed by atoms with Crippen LogP contribution in [-0.4, -0.2) is 60.6 Å². The minimum Gasteiger partial charge on any atom is -0.334 e. The van der Waals surface area contributed by atoms with Gasteiger partial charge in [-0.05, 0) is 32.3 Å². The van der Waals surface area contributed by atoms with Gasteiger partial charge in [0.05, 0.1) is 12.8 Å². The molecule has 0 unspecified atom stereocenters. The molecular weight excluding hydrogens is 318 g/mol. The number of rotatable bonds is 6. The Balaban J connectivity index is 1.89. The van der Waals surface area contributed by atoms with Crippen molar-refractivity contribution in [2.24, 2.45) is 0 Å². The lowest BCUT2D eigenvalue weighted by molar-refractivity contribution is 0.148. The number of amides is 2. The third kappa shape index (κ3) is 5.83. The van der Waals surface area contributed by atoms with Crippen molar-refractivity contribution in [1.82, 2.24) is 24.7 Å². The highest BCUT2D eigenvalue weighted by molar-refractivity contribution is 7.88. The number of hydrogen-bond donors (Lipinski definition) is 2. The molecule has 23 heavy (non-hydrogen) atoms. The lowest BCUT2D eigenvalue weighted by atomic mass is 10.0. The van der Waals surface area contributed by atoms with E-state index in [9.17, 15) is 13.2 Å². The van der Waals surface area contributed by atoms with Crippen LogP contribution in [0.2, 0.25) is 0 Å². The molecule has 1 fully saturated rings. The number of nitrogens with one attached hydrogen (secondary N) is 2. The first-order chi connectivity index (χ1) is 10.8. The molecule has 0 saturated carbocycles. The van der Waals surface area contributed by atoms with Gasteiger partial charge in [-0.2, -0.15) is 5.10 Å². The summed E-state index contributed by atoms with van der Waals surface area (Å²) >= 11 is 0. The molecule has 2 atom stereocenters. The van der Waals surface area contributed by atoms with Gasteiger partial charge in [-0.3, -0.25) is 4.68 Å². The summed E-state index contributed by atoms with van der Waals surface area (Å²) in [4.78, 5) is 14.2. The van der Waals surface area contributed by atoms with Crippen molar-refractivity contribution < 1.29 is 13.2 Å². The van der Waals surface area contributed by atoms with E-state index in [2.05, 4.69) is 15.1 Å². The van der Waals surface area contributed by atoms with Crippen LogP contribution in [0.1, 0.15) is 26.2 Å². The molecule has 0 radical (unpaired) electrons. The van der Waals surface area contributed by atoms with Gasteiger partial charge < -0.3 is 10.2 Å². The van der Waals surface area contributed by atoms with Gasteiger partial charge >= 0.3 is 6.03 Å². The van der Waals surface area contributed by atoms with Crippen molar-refractivity contribution >= 4 is 16.1 Å². The Morgan fingerprint density at radius 1 is 1.43 bits per heavy atom. The highest BCUT2D eigenvalue weighted by atomic mass is 32.2. The predicted octanol–water partition coefficient (Wildman–Crippen LogP) is 0.385. The maximum Gasteiger partial charge on any atom is 0.317 e. The second-order valence-electron chi connectivity index (χ2n) is 6.04. The molecule has 2 amide bonds. The molecule has 2 rings (SSSR count). The van der Waals surface area contributed by atoms with E-state index in [-0.39, 0.29) is 24.7 Å². The molecule has 1 aliphatic heterocycles. The van der Waals surface area contributed by atoms with Gasteiger partial charge in [0.15, 0.2) is 0 Å². The lowest BCUT2D eigenvalue weighted by Gasteiger charge is -2.36. The molecule has 0 bridgehead atoms. The summed E-state index contributed by atoms with van der Waals surface area (Å²) < 4.78 is 26.8. The number of hydrogen-bond acceptors (Lipinski definition) is 4. The van der Waals surface area contributed by atoms with Crippen molar-refractivity contribution in [1.29, 1.82) is 0 Å². The van der Waals surface area contributed by atoms with Crippen molar-refractivity contribution in [3.63, 3.8) is 0 Å². The van der Waals surface area contributed by atoms with E-state index >= 15 is 0 Å². The van der Waals surface area contributed by atoms with Crippen LogP contribution in [0.3, 0.4) is 0 Å². The third-order valence-corrected chi connectivity index (χ3v) is 4.55. The number of carbonyl (C=O) groups excluding carboxylic acids is 1. The monoisotopic (exact) mass is 343 g/mol. The second kappa shape index (κ2) is 7.78. The number of sulfonamides is 1. The Bertz CT molecular complexity index is 602. The maximum atomic E-state index is 12.5. The minimum atomic E-state index is -3.25. The zero-order chi connectivity index (χ0) is 16.9. The summed E-state index contributed by atoms with van der Waals surface area (Å²) in [5.41, 5.74) is 0. The first-order valence-electron chi connectivity index (χ1n) is 7.84. The summed E-state index contributed by atoms with van der Waals surface area (Å²) in [6.07, 6.45) is 7.43. The molecule has 1 aliphatic rings. The Hall–Kier alpha value is -1.61. The van der Waals surface area contributed by atoms with Gasteiger partial charge in [0.1, 0.15) is 0 Å². The van der Waals surface area contributed by atoms with Gasteiger partial charge in [0.2, 0.25) is 10.0 Å². The minimum absolute atomic E-state index is 0.0622. The average Bonchev–Trinajstić information content (AvgIpc) is 2.97. The standard InChI is InChI=1S/C14H25N5O3S/c1-12(11-18-8-5-7-15-18)17-14(20)19-9-4-3-6-13(19)10-16-23(2,21)22/h5,7-8,12-13,16H,3-4,6,9-11H2,1-2H3,(H,17,20)/t12-,13+/m1/s1. The highest BCUT2D eigenvalue weighted by Gasteiger charge is 2.27. The largest absolute Gasteiger partial charge is 0.334 e. The fourth-order valence-corrected chi connectivity index (χ4v) is 3.25. The topological polar surface area (TPSA) is 96.3 Å². The van der Waals surface area contributed by atoms with Crippen LogP contribution in [-0.2, 0) is 16.6 Å². The highest BCUT2D eigenvalue weighted by Crippen LogP contribution is 2.17. The number of urea groups is 1. The average molecular weight is 343 g/mol. The number of carbonyl (C=O) groups is 1. The van der Waals surface area contributed by atoms with E-state index < -0.39 is 10.0 Å². The molecule has 0 aliphatic carbocycles. The number of nitrogens with zero attached hydrogens (tertiary/aromatic N) is 3. The zero-order valence-electron chi connectivity index (χ0n) is 13.6. The van der Waals surface area contributed by atoms with Crippen LogP contribution in [0, 0.1) is 0 Å². The summed E-state index contributed by atoms with van der Waals surface area (Å²) in [5.74, 6) is 0. The Kier molecular flexibility index (Phi) is 6.00. The normalized spacial score (nSPS) is 20.3. The zero-order valence-corrected chi connectivity index (χ0v) is 14.4. The van der Waals surface area contributed by atoms with Crippen molar-refractivity contribution in [2.75, 3.05) is 19.3 Å². The molecule has 8 nitrogen and oxygen atoms in total. The first kappa shape index (κ1) is 17.7. The quantitative estimate of drug-likeness (QED) is 0.781. The lowest BCUT2D eigenvalue weighted by Crippen LogP contribution is -2.54. The fourth-order valence-electron chi connectivity index (χ4n) is 2.76. The smallest absolute Gasteiger partial charge is 0.317 e. The molecule has 1 aromatic rings. The molecule has 0 aromatic carbocycles. The van der Waals surface area contributed by atoms with Crippen LogP contribution in [0.15, 0.2) is 18.5 Å². The number of likely N-dealkylation sites (tertiary alicyclic amines) is 1. The predicted molar refractivity (Wildman–Crippen MR) is 87.4 cm³/mol. The van der Waals surface area contributed by atoms with Crippen LogP contribution in [0.4, 0.5) is 4.79 Å². The molecule has 2 N–H and O–H groups in total. The van der Waals surface area contributed by atoms with Crippen LogP contribution >= 0.6 is 0 Å². The van der Waals surface area contributed by atoms with E-state index in [1.165, 1.54) is 0 Å². The van der Waals surface area contributed by atoms with Gasteiger partial charge in [-0.1, -0.05) is 0 Å².